The van der Waals surface area contributed by atoms with E-state index in [0.717, 1.165) is 39.4 Å². The van der Waals surface area contributed by atoms with Gasteiger partial charge >= 0.3 is 0 Å². The van der Waals surface area contributed by atoms with Gasteiger partial charge in [0.1, 0.15) is 5.75 Å². The zero-order valence-corrected chi connectivity index (χ0v) is 19.1. The summed E-state index contributed by atoms with van der Waals surface area (Å²) in [5.74, 6) is 0.954. The minimum absolute atomic E-state index is 0.0789. The lowest BCUT2D eigenvalue weighted by molar-refractivity contribution is -0.117. The summed E-state index contributed by atoms with van der Waals surface area (Å²) in [6.45, 7) is 4.54. The third-order valence-electron chi connectivity index (χ3n) is 4.89. The Balaban J connectivity index is 1.41. The minimum Gasteiger partial charge on any atom is -0.494 e. The van der Waals surface area contributed by atoms with E-state index in [0.29, 0.717) is 18.2 Å². The van der Waals surface area contributed by atoms with Gasteiger partial charge in [0.2, 0.25) is 11.8 Å². The molecule has 1 aromatic heterocycles. The van der Waals surface area contributed by atoms with E-state index in [9.17, 15) is 9.59 Å². The Hall–Kier alpha value is -2.58. The Labute approximate surface area is 189 Å². The highest BCUT2D eigenvalue weighted by molar-refractivity contribution is 8.00. The van der Waals surface area contributed by atoms with Crippen LogP contribution in [0, 0.1) is 5.92 Å². The standard InChI is InChI=1S/C23H25N3O3S2/c1-3-19(30-17-7-5-6-15(12-17)24-21(27)14-8-9-14)22(28)26-23-25-18-11-10-16(29-4-2)13-20(18)31-23/h5-7,10-14,19H,3-4,8-9H2,1-2H3,(H,24,27)(H,25,26,28). The number of amides is 2. The van der Waals surface area contributed by atoms with Crippen LogP contribution >= 0.6 is 23.1 Å². The number of thioether (sulfide) groups is 1. The van der Waals surface area contributed by atoms with Crippen molar-refractivity contribution in [2.45, 2.75) is 43.3 Å². The summed E-state index contributed by atoms with van der Waals surface area (Å²) in [7, 11) is 0. The second-order valence-electron chi connectivity index (χ2n) is 7.38. The number of fused-ring (bicyclic) bond motifs is 1. The van der Waals surface area contributed by atoms with Gasteiger partial charge in [-0.15, -0.1) is 11.8 Å². The van der Waals surface area contributed by atoms with Gasteiger partial charge in [-0.3, -0.25) is 9.59 Å². The Kier molecular flexibility index (Phi) is 6.77. The van der Waals surface area contributed by atoms with Crippen LogP contribution in [0.5, 0.6) is 5.75 Å². The molecule has 0 saturated heterocycles. The van der Waals surface area contributed by atoms with Crippen LogP contribution in [-0.2, 0) is 9.59 Å². The van der Waals surface area contributed by atoms with Gasteiger partial charge in [0, 0.05) is 16.5 Å². The molecule has 0 spiro atoms. The molecule has 0 radical (unpaired) electrons. The van der Waals surface area contributed by atoms with Gasteiger partial charge in [-0.25, -0.2) is 4.98 Å². The highest BCUT2D eigenvalue weighted by Gasteiger charge is 2.29. The minimum atomic E-state index is -0.264. The number of hydrogen-bond acceptors (Lipinski definition) is 6. The molecule has 1 aliphatic rings. The quantitative estimate of drug-likeness (QED) is 0.413. The number of hydrogen-bond donors (Lipinski definition) is 2. The van der Waals surface area contributed by atoms with E-state index in [2.05, 4.69) is 15.6 Å². The van der Waals surface area contributed by atoms with Crippen molar-refractivity contribution < 1.29 is 14.3 Å². The first-order valence-electron chi connectivity index (χ1n) is 10.5. The van der Waals surface area contributed by atoms with Crippen molar-refractivity contribution in [1.29, 1.82) is 0 Å². The van der Waals surface area contributed by atoms with E-state index in [1.54, 1.807) is 0 Å². The number of benzene rings is 2. The smallest absolute Gasteiger partial charge is 0.239 e. The largest absolute Gasteiger partial charge is 0.494 e. The zero-order valence-electron chi connectivity index (χ0n) is 17.5. The molecule has 1 saturated carbocycles. The predicted octanol–water partition coefficient (Wildman–Crippen LogP) is 5.55. The van der Waals surface area contributed by atoms with Gasteiger partial charge in [0.25, 0.3) is 0 Å². The summed E-state index contributed by atoms with van der Waals surface area (Å²) in [5, 5.41) is 6.24. The average molecular weight is 456 g/mol. The Morgan fingerprint density at radius 3 is 2.77 bits per heavy atom. The molecule has 2 amide bonds. The van der Waals surface area contributed by atoms with E-state index >= 15 is 0 Å². The summed E-state index contributed by atoms with van der Waals surface area (Å²) in [5.41, 5.74) is 1.61. The molecule has 3 aromatic rings. The number of thiazole rings is 1. The highest BCUT2D eigenvalue weighted by atomic mass is 32.2. The number of rotatable bonds is 9. The molecule has 6 nitrogen and oxygen atoms in total. The topological polar surface area (TPSA) is 80.3 Å². The maximum Gasteiger partial charge on any atom is 0.239 e. The van der Waals surface area contributed by atoms with Crippen molar-refractivity contribution >= 4 is 55.9 Å². The number of carbonyl (C=O) groups is 2. The monoisotopic (exact) mass is 455 g/mol. The van der Waals surface area contributed by atoms with Crippen LogP contribution in [0.3, 0.4) is 0 Å². The molecule has 1 heterocycles. The van der Waals surface area contributed by atoms with E-state index in [1.807, 2.05) is 56.3 Å². The van der Waals surface area contributed by atoms with E-state index in [1.165, 1.54) is 23.1 Å². The number of carbonyl (C=O) groups excluding carboxylic acids is 2. The van der Waals surface area contributed by atoms with Crippen LogP contribution in [0.25, 0.3) is 10.2 Å². The van der Waals surface area contributed by atoms with Crippen molar-refractivity contribution in [2.24, 2.45) is 5.92 Å². The summed E-state index contributed by atoms with van der Waals surface area (Å²) >= 11 is 2.93. The molecule has 2 aromatic carbocycles. The van der Waals surface area contributed by atoms with Gasteiger partial charge in [-0.1, -0.05) is 24.3 Å². The van der Waals surface area contributed by atoms with E-state index in [4.69, 9.17) is 4.74 Å². The van der Waals surface area contributed by atoms with Crippen LogP contribution in [0.2, 0.25) is 0 Å². The summed E-state index contributed by atoms with van der Waals surface area (Å²) in [6, 6.07) is 13.4. The van der Waals surface area contributed by atoms with Crippen molar-refractivity contribution in [1.82, 2.24) is 4.98 Å². The molecule has 162 valence electrons. The van der Waals surface area contributed by atoms with Crippen molar-refractivity contribution in [3.63, 3.8) is 0 Å². The van der Waals surface area contributed by atoms with Crippen LogP contribution in [0.15, 0.2) is 47.4 Å². The number of nitrogens with zero attached hydrogens (tertiary/aromatic N) is 1. The van der Waals surface area contributed by atoms with Crippen molar-refractivity contribution in [3.8, 4) is 5.75 Å². The maximum atomic E-state index is 12.9. The second kappa shape index (κ2) is 9.70. The summed E-state index contributed by atoms with van der Waals surface area (Å²) < 4.78 is 6.51. The third kappa shape index (κ3) is 5.57. The van der Waals surface area contributed by atoms with E-state index < -0.39 is 0 Å². The molecule has 1 atom stereocenters. The number of aromatic nitrogens is 1. The fourth-order valence-corrected chi connectivity index (χ4v) is 5.03. The lowest BCUT2D eigenvalue weighted by Crippen LogP contribution is -2.24. The first-order chi connectivity index (χ1) is 15.1. The summed E-state index contributed by atoms with van der Waals surface area (Å²) in [6.07, 6.45) is 2.61. The maximum absolute atomic E-state index is 12.9. The second-order valence-corrected chi connectivity index (χ2v) is 9.68. The van der Waals surface area contributed by atoms with Gasteiger partial charge < -0.3 is 15.4 Å². The fraction of sp³-hybridized carbons (Fsp3) is 0.348. The molecule has 0 aliphatic heterocycles. The molecule has 1 aliphatic carbocycles. The van der Waals surface area contributed by atoms with Gasteiger partial charge in [0.05, 0.1) is 22.1 Å². The SMILES string of the molecule is CCOc1ccc2nc(NC(=O)C(CC)Sc3cccc(NC(=O)C4CC4)c3)sc2c1. The predicted molar refractivity (Wildman–Crippen MR) is 127 cm³/mol. The van der Waals surface area contributed by atoms with Gasteiger partial charge in [-0.2, -0.15) is 0 Å². The third-order valence-corrected chi connectivity index (χ3v) is 7.18. The van der Waals surface area contributed by atoms with Crippen molar-refractivity contribution in [3.05, 3.63) is 42.5 Å². The molecular formula is C23H25N3O3S2. The van der Waals surface area contributed by atoms with Crippen LogP contribution in [0.1, 0.15) is 33.1 Å². The molecule has 31 heavy (non-hydrogen) atoms. The molecule has 2 N–H and O–H groups in total. The summed E-state index contributed by atoms with van der Waals surface area (Å²) in [4.78, 5) is 30.4. The fourth-order valence-electron chi connectivity index (χ4n) is 3.12. The first kappa shape index (κ1) is 21.6. The molecule has 1 unspecified atom stereocenters. The van der Waals surface area contributed by atoms with Gasteiger partial charge in [0.15, 0.2) is 5.13 Å². The Morgan fingerprint density at radius 2 is 2.03 bits per heavy atom. The number of anilines is 2. The Bertz CT molecular complexity index is 1090. The van der Waals surface area contributed by atoms with E-state index in [-0.39, 0.29) is 23.0 Å². The lowest BCUT2D eigenvalue weighted by atomic mass is 10.3. The lowest BCUT2D eigenvalue weighted by Gasteiger charge is -2.14. The molecular weight excluding hydrogens is 430 g/mol. The van der Waals surface area contributed by atoms with Gasteiger partial charge in [-0.05, 0) is 62.6 Å². The van der Waals surface area contributed by atoms with Crippen LogP contribution < -0.4 is 15.4 Å². The van der Waals surface area contributed by atoms with Crippen molar-refractivity contribution in [2.75, 3.05) is 17.2 Å². The molecule has 4 rings (SSSR count). The highest BCUT2D eigenvalue weighted by Crippen LogP contribution is 2.33. The zero-order chi connectivity index (χ0) is 21.8. The molecule has 8 heteroatoms. The first-order valence-corrected chi connectivity index (χ1v) is 12.2. The Morgan fingerprint density at radius 1 is 1.19 bits per heavy atom. The molecule has 0 bridgehead atoms. The van der Waals surface area contributed by atoms with Crippen LogP contribution in [0.4, 0.5) is 10.8 Å². The van der Waals surface area contributed by atoms with Crippen LogP contribution in [-0.4, -0.2) is 28.7 Å². The number of ether oxygens (including phenoxy) is 1. The normalized spacial score (nSPS) is 14.3. The number of nitrogens with one attached hydrogen (secondary N) is 2. The molecule has 1 fully saturated rings. The average Bonchev–Trinajstić information content (AvgIpc) is 3.53.